The molecule has 52 valence electrons. The highest BCUT2D eigenvalue weighted by Crippen LogP contribution is 2.41. The SMILES string of the molecule is CC1(C)CCC1OC=O. The van der Waals surface area contributed by atoms with E-state index in [0.717, 1.165) is 6.42 Å². The lowest BCUT2D eigenvalue weighted by atomic mass is 9.69. The van der Waals surface area contributed by atoms with Gasteiger partial charge >= 0.3 is 0 Å². The molecule has 0 aromatic heterocycles. The van der Waals surface area contributed by atoms with E-state index in [2.05, 4.69) is 13.8 Å². The van der Waals surface area contributed by atoms with E-state index in [-0.39, 0.29) is 11.5 Å². The van der Waals surface area contributed by atoms with Crippen molar-refractivity contribution in [3.05, 3.63) is 0 Å². The van der Waals surface area contributed by atoms with Crippen molar-refractivity contribution < 1.29 is 9.53 Å². The molecule has 0 radical (unpaired) electrons. The van der Waals surface area contributed by atoms with Gasteiger partial charge in [-0.1, -0.05) is 13.8 Å². The van der Waals surface area contributed by atoms with E-state index in [1.165, 1.54) is 6.42 Å². The van der Waals surface area contributed by atoms with E-state index >= 15 is 0 Å². The second-order valence-electron chi connectivity index (χ2n) is 3.25. The summed E-state index contributed by atoms with van der Waals surface area (Å²) in [6.07, 6.45) is 2.38. The Morgan fingerprint density at radius 3 is 2.44 bits per heavy atom. The molecule has 1 saturated carbocycles. The highest BCUT2D eigenvalue weighted by molar-refractivity contribution is 5.38. The molecular formula is C7H12O2. The van der Waals surface area contributed by atoms with Crippen LogP contribution in [0.5, 0.6) is 0 Å². The van der Waals surface area contributed by atoms with Gasteiger partial charge in [0.1, 0.15) is 6.10 Å². The minimum atomic E-state index is 0.176. The molecule has 0 N–H and O–H groups in total. The molecule has 0 spiro atoms. The first-order valence-electron chi connectivity index (χ1n) is 3.26. The van der Waals surface area contributed by atoms with Crippen LogP contribution in [0.2, 0.25) is 0 Å². The number of carbonyl (C=O) groups is 1. The molecule has 0 bridgehead atoms. The average Bonchev–Trinajstić information content (AvgIpc) is 1.81. The molecule has 1 aliphatic rings. The molecule has 0 aromatic rings. The zero-order chi connectivity index (χ0) is 6.91. The van der Waals surface area contributed by atoms with Gasteiger partial charge in [0.05, 0.1) is 0 Å². The van der Waals surface area contributed by atoms with Crippen LogP contribution in [-0.2, 0) is 9.53 Å². The molecule has 0 aliphatic heterocycles. The van der Waals surface area contributed by atoms with Gasteiger partial charge in [-0.15, -0.1) is 0 Å². The molecule has 1 atom stereocenters. The number of rotatable bonds is 2. The number of hydrogen-bond donors (Lipinski definition) is 0. The summed E-state index contributed by atoms with van der Waals surface area (Å²) >= 11 is 0. The molecule has 1 rings (SSSR count). The van der Waals surface area contributed by atoms with Crippen molar-refractivity contribution in [2.75, 3.05) is 0 Å². The van der Waals surface area contributed by atoms with Gasteiger partial charge in [0.2, 0.25) is 0 Å². The van der Waals surface area contributed by atoms with Crippen LogP contribution in [0.3, 0.4) is 0 Å². The molecule has 0 saturated heterocycles. The van der Waals surface area contributed by atoms with Gasteiger partial charge in [-0.05, 0) is 12.8 Å². The van der Waals surface area contributed by atoms with Crippen molar-refractivity contribution in [1.29, 1.82) is 0 Å². The van der Waals surface area contributed by atoms with Gasteiger partial charge < -0.3 is 4.74 Å². The molecule has 0 aromatic carbocycles. The molecular weight excluding hydrogens is 116 g/mol. The number of carbonyl (C=O) groups excluding carboxylic acids is 1. The van der Waals surface area contributed by atoms with E-state index in [9.17, 15) is 4.79 Å². The van der Waals surface area contributed by atoms with Gasteiger partial charge in [0.15, 0.2) is 0 Å². The van der Waals surface area contributed by atoms with Crippen LogP contribution in [0.25, 0.3) is 0 Å². The summed E-state index contributed by atoms with van der Waals surface area (Å²) in [5, 5.41) is 0. The van der Waals surface area contributed by atoms with Crippen molar-refractivity contribution in [3.8, 4) is 0 Å². The van der Waals surface area contributed by atoms with Crippen molar-refractivity contribution in [1.82, 2.24) is 0 Å². The summed E-state index contributed by atoms with van der Waals surface area (Å²) in [7, 11) is 0. The lowest BCUT2D eigenvalue weighted by Crippen LogP contribution is -2.41. The smallest absolute Gasteiger partial charge is 0.293 e. The zero-order valence-corrected chi connectivity index (χ0v) is 5.89. The maximum atomic E-state index is 9.87. The monoisotopic (exact) mass is 128 g/mol. The number of ether oxygens (including phenoxy) is 1. The lowest BCUT2D eigenvalue weighted by molar-refractivity contribution is -0.149. The highest BCUT2D eigenvalue weighted by Gasteiger charge is 2.39. The standard InChI is InChI=1S/C7H12O2/c1-7(2)4-3-6(7)9-5-8/h5-6H,3-4H2,1-2H3. The normalized spacial score (nSPS) is 30.7. The molecule has 1 unspecified atom stereocenters. The van der Waals surface area contributed by atoms with E-state index in [0.29, 0.717) is 6.47 Å². The summed E-state index contributed by atoms with van der Waals surface area (Å²) in [6, 6.07) is 0. The lowest BCUT2D eigenvalue weighted by Gasteiger charge is -2.42. The van der Waals surface area contributed by atoms with Crippen LogP contribution in [0.4, 0.5) is 0 Å². The molecule has 2 nitrogen and oxygen atoms in total. The fourth-order valence-corrected chi connectivity index (χ4v) is 1.16. The van der Waals surface area contributed by atoms with E-state index in [4.69, 9.17) is 4.74 Å². The Hall–Kier alpha value is -0.530. The fourth-order valence-electron chi connectivity index (χ4n) is 1.16. The van der Waals surface area contributed by atoms with E-state index < -0.39 is 0 Å². The van der Waals surface area contributed by atoms with Crippen molar-refractivity contribution in [3.63, 3.8) is 0 Å². The van der Waals surface area contributed by atoms with Gasteiger partial charge in [0.25, 0.3) is 6.47 Å². The van der Waals surface area contributed by atoms with Crippen LogP contribution in [0.1, 0.15) is 26.7 Å². The van der Waals surface area contributed by atoms with Crippen molar-refractivity contribution >= 4 is 6.47 Å². The average molecular weight is 128 g/mol. The van der Waals surface area contributed by atoms with Crippen LogP contribution >= 0.6 is 0 Å². The Bertz CT molecular complexity index is 118. The Kier molecular flexibility index (Phi) is 1.47. The van der Waals surface area contributed by atoms with Crippen LogP contribution < -0.4 is 0 Å². The molecule has 2 heteroatoms. The van der Waals surface area contributed by atoms with Crippen LogP contribution in [-0.4, -0.2) is 12.6 Å². The zero-order valence-electron chi connectivity index (χ0n) is 5.89. The molecule has 0 amide bonds. The first kappa shape index (κ1) is 6.59. The largest absolute Gasteiger partial charge is 0.464 e. The number of hydrogen-bond acceptors (Lipinski definition) is 2. The maximum Gasteiger partial charge on any atom is 0.293 e. The van der Waals surface area contributed by atoms with Gasteiger partial charge in [-0.3, -0.25) is 4.79 Å². The van der Waals surface area contributed by atoms with Gasteiger partial charge in [-0.25, -0.2) is 0 Å². The minimum Gasteiger partial charge on any atom is -0.464 e. The third-order valence-corrected chi connectivity index (χ3v) is 2.14. The summed E-state index contributed by atoms with van der Waals surface area (Å²) in [6.45, 7) is 4.78. The third kappa shape index (κ3) is 1.07. The fraction of sp³-hybridized carbons (Fsp3) is 0.857. The second-order valence-corrected chi connectivity index (χ2v) is 3.25. The van der Waals surface area contributed by atoms with Gasteiger partial charge in [0, 0.05) is 5.41 Å². The summed E-state index contributed by atoms with van der Waals surface area (Å²) in [5.74, 6) is 0. The van der Waals surface area contributed by atoms with Gasteiger partial charge in [-0.2, -0.15) is 0 Å². The van der Waals surface area contributed by atoms with Crippen LogP contribution in [0.15, 0.2) is 0 Å². The van der Waals surface area contributed by atoms with E-state index in [1.807, 2.05) is 0 Å². The first-order valence-corrected chi connectivity index (χ1v) is 3.26. The summed E-state index contributed by atoms with van der Waals surface area (Å²) in [4.78, 5) is 9.87. The minimum absolute atomic E-state index is 0.176. The predicted molar refractivity (Wildman–Crippen MR) is 34.0 cm³/mol. The summed E-state index contributed by atoms with van der Waals surface area (Å²) in [5.41, 5.74) is 0.237. The topological polar surface area (TPSA) is 26.3 Å². The third-order valence-electron chi connectivity index (χ3n) is 2.14. The quantitative estimate of drug-likeness (QED) is 0.525. The Labute approximate surface area is 55.2 Å². The molecule has 0 heterocycles. The van der Waals surface area contributed by atoms with Crippen LogP contribution in [0, 0.1) is 5.41 Å². The molecule has 1 fully saturated rings. The summed E-state index contributed by atoms with van der Waals surface area (Å²) < 4.78 is 4.81. The maximum absolute atomic E-state index is 9.87. The van der Waals surface area contributed by atoms with Crippen molar-refractivity contribution in [2.24, 2.45) is 5.41 Å². The second kappa shape index (κ2) is 2.01. The Morgan fingerprint density at radius 2 is 2.33 bits per heavy atom. The van der Waals surface area contributed by atoms with E-state index in [1.54, 1.807) is 0 Å². The van der Waals surface area contributed by atoms with Crippen molar-refractivity contribution in [2.45, 2.75) is 32.8 Å². The first-order chi connectivity index (χ1) is 4.17. The molecule has 1 aliphatic carbocycles. The predicted octanol–water partition coefficient (Wildman–Crippen LogP) is 1.35. The Morgan fingerprint density at radius 1 is 1.67 bits per heavy atom. The molecule has 9 heavy (non-hydrogen) atoms. The Balaban J connectivity index is 2.36. The highest BCUT2D eigenvalue weighted by atomic mass is 16.5.